The quantitative estimate of drug-likeness (QED) is 0.618. The second kappa shape index (κ2) is 4.58. The molecule has 0 spiro atoms. The standard InChI is InChI=1S/C9H18N2O2/c1-7(12)3-9(13)11-5-8(6-11)4-10-2/h7-8,10,12H,3-6H2,1-2H3. The van der Waals surface area contributed by atoms with E-state index in [2.05, 4.69) is 5.32 Å². The van der Waals surface area contributed by atoms with Gasteiger partial charge in [-0.05, 0) is 14.0 Å². The minimum Gasteiger partial charge on any atom is -0.393 e. The lowest BCUT2D eigenvalue weighted by atomic mass is 9.99. The first-order chi connectivity index (χ1) is 6.13. The molecule has 0 aromatic carbocycles. The van der Waals surface area contributed by atoms with Crippen molar-refractivity contribution >= 4 is 5.91 Å². The smallest absolute Gasteiger partial charge is 0.225 e. The van der Waals surface area contributed by atoms with Crippen LogP contribution in [0.15, 0.2) is 0 Å². The second-order valence-electron chi connectivity index (χ2n) is 3.78. The van der Waals surface area contributed by atoms with Crippen LogP contribution < -0.4 is 5.32 Å². The van der Waals surface area contributed by atoms with E-state index in [-0.39, 0.29) is 12.3 Å². The maximum absolute atomic E-state index is 11.3. The minimum absolute atomic E-state index is 0.0716. The lowest BCUT2D eigenvalue weighted by Gasteiger charge is -2.39. The molecule has 13 heavy (non-hydrogen) atoms. The molecule has 4 nitrogen and oxygen atoms in total. The number of amides is 1. The van der Waals surface area contributed by atoms with Gasteiger partial charge < -0.3 is 15.3 Å². The first-order valence-corrected chi connectivity index (χ1v) is 4.74. The van der Waals surface area contributed by atoms with E-state index in [0.717, 1.165) is 19.6 Å². The Morgan fingerprint density at radius 2 is 2.31 bits per heavy atom. The first-order valence-electron chi connectivity index (χ1n) is 4.74. The van der Waals surface area contributed by atoms with Gasteiger partial charge in [0.25, 0.3) is 0 Å². The van der Waals surface area contributed by atoms with Crippen molar-refractivity contribution in [3.8, 4) is 0 Å². The van der Waals surface area contributed by atoms with Gasteiger partial charge in [-0.15, -0.1) is 0 Å². The van der Waals surface area contributed by atoms with Gasteiger partial charge in [-0.3, -0.25) is 4.79 Å². The topological polar surface area (TPSA) is 52.6 Å². The Morgan fingerprint density at radius 3 is 2.77 bits per heavy atom. The molecule has 0 aromatic heterocycles. The monoisotopic (exact) mass is 186 g/mol. The van der Waals surface area contributed by atoms with E-state index >= 15 is 0 Å². The highest BCUT2D eigenvalue weighted by molar-refractivity contribution is 5.77. The van der Waals surface area contributed by atoms with Gasteiger partial charge in [0.05, 0.1) is 12.5 Å². The van der Waals surface area contributed by atoms with Gasteiger partial charge in [-0.25, -0.2) is 0 Å². The maximum Gasteiger partial charge on any atom is 0.225 e. The van der Waals surface area contributed by atoms with Gasteiger partial charge in [0.1, 0.15) is 0 Å². The minimum atomic E-state index is -0.518. The number of aliphatic hydroxyl groups is 1. The molecule has 1 aliphatic rings. The van der Waals surface area contributed by atoms with Crippen LogP contribution >= 0.6 is 0 Å². The van der Waals surface area contributed by atoms with Crippen LogP contribution in [0.3, 0.4) is 0 Å². The third kappa shape index (κ3) is 2.97. The molecule has 0 bridgehead atoms. The maximum atomic E-state index is 11.3. The lowest BCUT2D eigenvalue weighted by Crippen LogP contribution is -2.53. The molecule has 2 N–H and O–H groups in total. The Labute approximate surface area is 78.9 Å². The molecule has 1 heterocycles. The molecular weight excluding hydrogens is 168 g/mol. The van der Waals surface area contributed by atoms with E-state index in [1.165, 1.54) is 0 Å². The SMILES string of the molecule is CNCC1CN(C(=O)CC(C)O)C1. The molecule has 0 saturated carbocycles. The predicted octanol–water partition coefficient (Wildman–Crippen LogP) is -0.565. The Bertz CT molecular complexity index is 176. The van der Waals surface area contributed by atoms with Crippen molar-refractivity contribution in [2.75, 3.05) is 26.7 Å². The molecule has 4 heteroatoms. The van der Waals surface area contributed by atoms with Gasteiger partial charge in [0.2, 0.25) is 5.91 Å². The van der Waals surface area contributed by atoms with E-state index < -0.39 is 6.10 Å². The molecule has 1 saturated heterocycles. The van der Waals surface area contributed by atoms with Crippen molar-refractivity contribution in [3.05, 3.63) is 0 Å². The van der Waals surface area contributed by atoms with E-state index in [1.54, 1.807) is 11.8 Å². The molecule has 1 unspecified atom stereocenters. The summed E-state index contributed by atoms with van der Waals surface area (Å²) in [5.41, 5.74) is 0. The van der Waals surface area contributed by atoms with Crippen LogP contribution in [0, 0.1) is 5.92 Å². The zero-order valence-corrected chi connectivity index (χ0v) is 8.29. The zero-order chi connectivity index (χ0) is 9.84. The van der Waals surface area contributed by atoms with E-state index in [9.17, 15) is 4.79 Å². The van der Waals surface area contributed by atoms with Crippen molar-refractivity contribution in [1.82, 2.24) is 10.2 Å². The average Bonchev–Trinajstić information content (AvgIpc) is 1.93. The molecule has 1 amide bonds. The predicted molar refractivity (Wildman–Crippen MR) is 50.3 cm³/mol. The Balaban J connectivity index is 2.15. The third-order valence-corrected chi connectivity index (χ3v) is 2.27. The summed E-state index contributed by atoms with van der Waals surface area (Å²) in [6, 6.07) is 0. The highest BCUT2D eigenvalue weighted by atomic mass is 16.3. The molecule has 0 aliphatic carbocycles. The highest BCUT2D eigenvalue weighted by Gasteiger charge is 2.29. The highest BCUT2D eigenvalue weighted by Crippen LogP contribution is 2.15. The number of rotatable bonds is 4. The first kappa shape index (κ1) is 10.5. The molecule has 1 rings (SSSR count). The van der Waals surface area contributed by atoms with Crippen molar-refractivity contribution in [2.45, 2.75) is 19.4 Å². The van der Waals surface area contributed by atoms with Crippen LogP contribution in [-0.2, 0) is 4.79 Å². The second-order valence-corrected chi connectivity index (χ2v) is 3.78. The van der Waals surface area contributed by atoms with Crippen LogP contribution in [-0.4, -0.2) is 48.7 Å². The average molecular weight is 186 g/mol. The fourth-order valence-corrected chi connectivity index (χ4v) is 1.57. The summed E-state index contributed by atoms with van der Waals surface area (Å²) < 4.78 is 0. The Kier molecular flexibility index (Phi) is 3.69. The Hall–Kier alpha value is -0.610. The van der Waals surface area contributed by atoms with Crippen LogP contribution in [0.25, 0.3) is 0 Å². The fraction of sp³-hybridized carbons (Fsp3) is 0.889. The van der Waals surface area contributed by atoms with E-state index in [4.69, 9.17) is 5.11 Å². The Morgan fingerprint density at radius 1 is 1.69 bits per heavy atom. The summed E-state index contributed by atoms with van der Waals surface area (Å²) >= 11 is 0. The summed E-state index contributed by atoms with van der Waals surface area (Å²) in [6.07, 6.45) is -0.262. The number of carbonyl (C=O) groups is 1. The number of likely N-dealkylation sites (tertiary alicyclic amines) is 1. The molecule has 1 aliphatic heterocycles. The zero-order valence-electron chi connectivity index (χ0n) is 8.29. The van der Waals surface area contributed by atoms with Crippen LogP contribution in [0.4, 0.5) is 0 Å². The van der Waals surface area contributed by atoms with Crippen LogP contribution in [0.2, 0.25) is 0 Å². The molecule has 1 atom stereocenters. The van der Waals surface area contributed by atoms with Gasteiger partial charge >= 0.3 is 0 Å². The normalized spacial score (nSPS) is 19.8. The molecule has 1 fully saturated rings. The summed E-state index contributed by atoms with van der Waals surface area (Å²) in [5.74, 6) is 0.672. The van der Waals surface area contributed by atoms with Gasteiger partial charge in [0, 0.05) is 25.6 Å². The number of carbonyl (C=O) groups excluding carboxylic acids is 1. The lowest BCUT2D eigenvalue weighted by molar-refractivity contribution is -0.139. The largest absolute Gasteiger partial charge is 0.393 e. The van der Waals surface area contributed by atoms with E-state index in [0.29, 0.717) is 5.92 Å². The summed E-state index contributed by atoms with van der Waals surface area (Å²) in [7, 11) is 1.92. The number of hydrogen-bond acceptors (Lipinski definition) is 3. The number of nitrogens with one attached hydrogen (secondary N) is 1. The molecule has 0 aromatic rings. The summed E-state index contributed by atoms with van der Waals surface area (Å²) in [5, 5.41) is 12.1. The number of aliphatic hydroxyl groups excluding tert-OH is 1. The number of nitrogens with zero attached hydrogens (tertiary/aromatic N) is 1. The summed E-state index contributed by atoms with van der Waals surface area (Å²) in [4.78, 5) is 13.1. The van der Waals surface area contributed by atoms with Crippen molar-refractivity contribution in [2.24, 2.45) is 5.92 Å². The van der Waals surface area contributed by atoms with Gasteiger partial charge in [0.15, 0.2) is 0 Å². The van der Waals surface area contributed by atoms with Gasteiger partial charge in [-0.1, -0.05) is 0 Å². The van der Waals surface area contributed by atoms with Crippen molar-refractivity contribution < 1.29 is 9.90 Å². The molecule has 0 radical (unpaired) electrons. The third-order valence-electron chi connectivity index (χ3n) is 2.27. The summed E-state index contributed by atoms with van der Waals surface area (Å²) in [6.45, 7) is 4.29. The van der Waals surface area contributed by atoms with E-state index in [1.807, 2.05) is 7.05 Å². The van der Waals surface area contributed by atoms with Crippen LogP contribution in [0.1, 0.15) is 13.3 Å². The molecule has 76 valence electrons. The van der Waals surface area contributed by atoms with Crippen molar-refractivity contribution in [3.63, 3.8) is 0 Å². The fourth-order valence-electron chi connectivity index (χ4n) is 1.57. The van der Waals surface area contributed by atoms with Crippen molar-refractivity contribution in [1.29, 1.82) is 0 Å². The van der Waals surface area contributed by atoms with Gasteiger partial charge in [-0.2, -0.15) is 0 Å². The van der Waals surface area contributed by atoms with Crippen LogP contribution in [0.5, 0.6) is 0 Å². The number of hydrogen-bond donors (Lipinski definition) is 2. The molecular formula is C9H18N2O2.